The minimum absolute atomic E-state index is 0.0496. The van der Waals surface area contributed by atoms with E-state index in [9.17, 15) is 23.9 Å². The summed E-state index contributed by atoms with van der Waals surface area (Å²) in [7, 11) is 1.84. The quantitative estimate of drug-likeness (QED) is 0.322. The van der Waals surface area contributed by atoms with Gasteiger partial charge in [0, 0.05) is 50.0 Å². The van der Waals surface area contributed by atoms with Crippen LogP contribution in [0.2, 0.25) is 0 Å². The third-order valence-corrected chi connectivity index (χ3v) is 9.20. The lowest BCUT2D eigenvalue weighted by molar-refractivity contribution is -0.137. The maximum Gasteiger partial charge on any atom is 0.323 e. The van der Waals surface area contributed by atoms with Crippen molar-refractivity contribution in [3.8, 4) is 5.75 Å². The Labute approximate surface area is 278 Å². The molecule has 4 rings (SSSR count). The molecule has 0 bridgehead atoms. The van der Waals surface area contributed by atoms with Gasteiger partial charge in [0.05, 0.1) is 30.4 Å². The molecule has 4 atom stereocenters. The van der Waals surface area contributed by atoms with E-state index in [4.69, 9.17) is 9.47 Å². The number of carbonyl (C=O) groups is 3. The van der Waals surface area contributed by atoms with Crippen LogP contribution in [0.5, 0.6) is 5.75 Å². The minimum Gasteiger partial charge on any atom is -0.490 e. The summed E-state index contributed by atoms with van der Waals surface area (Å²) in [4.78, 5) is 43.8. The van der Waals surface area contributed by atoms with Gasteiger partial charge in [-0.05, 0) is 88.4 Å². The standard InChI is InChI=1S/C36H51FN4O6/c1-24-21-41(25(2)23-42)35(44)31-20-30(39-36(45)38-29-15-13-28(37)14-16-29)17-18-32(31)47-26(3)10-8-9-19-46-33(24)22-40(4)34(43)27-11-6-5-7-12-27/h13-18,20,24-27,33,42H,5-12,19,21-23H2,1-4H3,(H2,38,39,45)/t24-,25+,26+,33+/m1/s1. The van der Waals surface area contributed by atoms with Crippen LogP contribution in [0.25, 0.3) is 0 Å². The summed E-state index contributed by atoms with van der Waals surface area (Å²) < 4.78 is 26.0. The van der Waals surface area contributed by atoms with Crippen molar-refractivity contribution in [2.45, 2.75) is 90.4 Å². The summed E-state index contributed by atoms with van der Waals surface area (Å²) >= 11 is 0. The molecule has 2 aliphatic rings. The maximum atomic E-state index is 14.3. The van der Waals surface area contributed by atoms with Crippen LogP contribution in [0.1, 0.15) is 82.5 Å². The molecule has 1 aliphatic heterocycles. The minimum atomic E-state index is -0.555. The number of rotatable bonds is 7. The largest absolute Gasteiger partial charge is 0.490 e. The van der Waals surface area contributed by atoms with Crippen molar-refractivity contribution in [1.82, 2.24) is 9.80 Å². The third-order valence-electron chi connectivity index (χ3n) is 9.20. The van der Waals surface area contributed by atoms with Crippen molar-refractivity contribution in [2.75, 3.05) is 44.0 Å². The Kier molecular flexibility index (Phi) is 13.4. The zero-order valence-corrected chi connectivity index (χ0v) is 28.2. The molecule has 1 fully saturated rings. The first kappa shape index (κ1) is 36.1. The Bertz CT molecular complexity index is 1340. The number of hydrogen-bond acceptors (Lipinski definition) is 6. The number of aliphatic hydroxyl groups is 1. The number of fused-ring (bicyclic) bond motifs is 1. The van der Waals surface area contributed by atoms with E-state index in [1.807, 2.05) is 20.9 Å². The summed E-state index contributed by atoms with van der Waals surface area (Å²) in [5, 5.41) is 15.6. The lowest BCUT2D eigenvalue weighted by Gasteiger charge is -2.36. The Morgan fingerprint density at radius 1 is 1.00 bits per heavy atom. The molecule has 1 aliphatic carbocycles. The molecular weight excluding hydrogens is 603 g/mol. The normalized spacial score (nSPS) is 22.3. The van der Waals surface area contributed by atoms with E-state index < -0.39 is 17.9 Å². The van der Waals surface area contributed by atoms with Gasteiger partial charge in [-0.3, -0.25) is 9.59 Å². The molecule has 2 aromatic carbocycles. The van der Waals surface area contributed by atoms with Crippen LogP contribution >= 0.6 is 0 Å². The summed E-state index contributed by atoms with van der Waals surface area (Å²) in [6, 6.07) is 9.23. The van der Waals surface area contributed by atoms with Gasteiger partial charge in [0.15, 0.2) is 0 Å². The molecule has 0 unspecified atom stereocenters. The van der Waals surface area contributed by atoms with Crippen molar-refractivity contribution >= 4 is 29.2 Å². The van der Waals surface area contributed by atoms with Crippen molar-refractivity contribution in [3.63, 3.8) is 0 Å². The molecule has 0 aromatic heterocycles. The van der Waals surface area contributed by atoms with Crippen LogP contribution in [-0.4, -0.2) is 84.4 Å². The zero-order chi connectivity index (χ0) is 33.9. The SMILES string of the molecule is C[C@@H]1CN([C@@H](C)CO)C(=O)c2cc(NC(=O)Nc3ccc(F)cc3)ccc2O[C@@H](C)CCCCO[C@H]1CN(C)C(=O)C1CCCCC1. The molecule has 1 heterocycles. The number of nitrogens with one attached hydrogen (secondary N) is 2. The highest BCUT2D eigenvalue weighted by molar-refractivity contribution is 6.02. The Hall–Kier alpha value is -3.70. The van der Waals surface area contributed by atoms with E-state index in [2.05, 4.69) is 10.6 Å². The number of likely N-dealkylation sites (N-methyl/N-ethyl adjacent to an activating group) is 1. The Balaban J connectivity index is 1.58. The number of aliphatic hydroxyl groups excluding tert-OH is 1. The van der Waals surface area contributed by atoms with Gasteiger partial charge in [-0.25, -0.2) is 9.18 Å². The predicted octanol–water partition coefficient (Wildman–Crippen LogP) is 6.30. The molecule has 47 heavy (non-hydrogen) atoms. The Morgan fingerprint density at radius 2 is 1.66 bits per heavy atom. The summed E-state index contributed by atoms with van der Waals surface area (Å²) in [5.74, 6) is -0.344. The number of carbonyl (C=O) groups excluding carboxylic acids is 3. The third kappa shape index (κ3) is 10.4. The average molecular weight is 655 g/mol. The number of amides is 4. The number of urea groups is 1. The topological polar surface area (TPSA) is 120 Å². The first-order chi connectivity index (χ1) is 22.5. The smallest absolute Gasteiger partial charge is 0.323 e. The molecule has 0 spiro atoms. The van der Waals surface area contributed by atoms with Gasteiger partial charge >= 0.3 is 6.03 Å². The van der Waals surface area contributed by atoms with Crippen LogP contribution < -0.4 is 15.4 Å². The molecule has 10 nitrogen and oxygen atoms in total. The van der Waals surface area contributed by atoms with Crippen molar-refractivity contribution in [2.24, 2.45) is 11.8 Å². The van der Waals surface area contributed by atoms with Crippen LogP contribution in [0.4, 0.5) is 20.6 Å². The highest BCUT2D eigenvalue weighted by atomic mass is 19.1. The fraction of sp³-hybridized carbons (Fsp3) is 0.583. The number of anilines is 2. The summed E-state index contributed by atoms with van der Waals surface area (Å²) in [6.07, 6.45) is 7.11. The fourth-order valence-corrected chi connectivity index (χ4v) is 6.31. The number of hydrogen-bond donors (Lipinski definition) is 3. The molecule has 11 heteroatoms. The molecule has 3 N–H and O–H groups in total. The molecule has 2 aromatic rings. The van der Waals surface area contributed by atoms with Crippen LogP contribution in [-0.2, 0) is 9.53 Å². The maximum absolute atomic E-state index is 14.3. The van der Waals surface area contributed by atoms with E-state index in [0.717, 1.165) is 44.9 Å². The van der Waals surface area contributed by atoms with Crippen LogP contribution in [0, 0.1) is 17.7 Å². The summed E-state index contributed by atoms with van der Waals surface area (Å²) in [6.45, 7) is 6.71. The number of benzene rings is 2. The zero-order valence-electron chi connectivity index (χ0n) is 28.2. The first-order valence-electron chi connectivity index (χ1n) is 17.0. The van der Waals surface area contributed by atoms with E-state index in [1.165, 1.54) is 30.7 Å². The number of halogens is 1. The molecule has 4 amide bonds. The van der Waals surface area contributed by atoms with E-state index >= 15 is 0 Å². The van der Waals surface area contributed by atoms with E-state index in [1.54, 1.807) is 34.9 Å². The number of ether oxygens (including phenoxy) is 2. The van der Waals surface area contributed by atoms with E-state index in [-0.39, 0.29) is 54.6 Å². The van der Waals surface area contributed by atoms with Gasteiger partial charge in [0.1, 0.15) is 11.6 Å². The predicted molar refractivity (Wildman–Crippen MR) is 180 cm³/mol. The molecule has 258 valence electrons. The van der Waals surface area contributed by atoms with Gasteiger partial charge in [-0.1, -0.05) is 26.2 Å². The highest BCUT2D eigenvalue weighted by Gasteiger charge is 2.32. The molecular formula is C36H51FN4O6. The summed E-state index contributed by atoms with van der Waals surface area (Å²) in [5.41, 5.74) is 1.03. The lowest BCUT2D eigenvalue weighted by atomic mass is 9.88. The van der Waals surface area contributed by atoms with Crippen molar-refractivity contribution in [3.05, 3.63) is 53.8 Å². The monoisotopic (exact) mass is 654 g/mol. The highest BCUT2D eigenvalue weighted by Crippen LogP contribution is 2.29. The van der Waals surface area contributed by atoms with E-state index in [0.29, 0.717) is 30.3 Å². The number of nitrogens with zero attached hydrogens (tertiary/aromatic N) is 2. The lowest BCUT2D eigenvalue weighted by Crippen LogP contribution is -2.48. The van der Waals surface area contributed by atoms with Crippen LogP contribution in [0.3, 0.4) is 0 Å². The second-order valence-electron chi connectivity index (χ2n) is 13.2. The van der Waals surface area contributed by atoms with Gasteiger partial charge in [0.2, 0.25) is 5.91 Å². The molecule has 1 saturated carbocycles. The van der Waals surface area contributed by atoms with Gasteiger partial charge in [-0.15, -0.1) is 0 Å². The van der Waals surface area contributed by atoms with Crippen molar-refractivity contribution < 1.29 is 33.4 Å². The first-order valence-corrected chi connectivity index (χ1v) is 17.0. The fourth-order valence-electron chi connectivity index (χ4n) is 6.31. The van der Waals surface area contributed by atoms with Gasteiger partial charge in [0.25, 0.3) is 5.91 Å². The average Bonchev–Trinajstić information content (AvgIpc) is 3.07. The van der Waals surface area contributed by atoms with Crippen molar-refractivity contribution in [1.29, 1.82) is 0 Å². The van der Waals surface area contributed by atoms with Gasteiger partial charge < -0.3 is 35.0 Å². The second-order valence-corrected chi connectivity index (χ2v) is 13.2. The van der Waals surface area contributed by atoms with Crippen LogP contribution in [0.15, 0.2) is 42.5 Å². The van der Waals surface area contributed by atoms with Gasteiger partial charge in [-0.2, -0.15) is 0 Å². The Morgan fingerprint density at radius 3 is 2.36 bits per heavy atom. The molecule has 0 radical (unpaired) electrons. The molecule has 0 saturated heterocycles. The second kappa shape index (κ2) is 17.5.